The van der Waals surface area contributed by atoms with Gasteiger partial charge in [-0.2, -0.15) is 0 Å². The zero-order valence-corrected chi connectivity index (χ0v) is 22.9. The highest BCUT2D eigenvalue weighted by Gasteiger charge is 2.35. The van der Waals surface area contributed by atoms with Gasteiger partial charge in [0.05, 0.1) is 6.10 Å². The van der Waals surface area contributed by atoms with Gasteiger partial charge in [-0.15, -0.1) is 0 Å². The summed E-state index contributed by atoms with van der Waals surface area (Å²) in [6, 6.07) is 0. The van der Waals surface area contributed by atoms with Crippen molar-refractivity contribution in [1.29, 1.82) is 0 Å². The van der Waals surface area contributed by atoms with Gasteiger partial charge in [0.15, 0.2) is 0 Å². The Morgan fingerprint density at radius 2 is 1.77 bits per heavy atom. The molecule has 35 heavy (non-hydrogen) atoms. The number of carbonyl (C=O) groups is 3. The summed E-state index contributed by atoms with van der Waals surface area (Å²) < 4.78 is 5.96. The fourth-order valence-corrected chi connectivity index (χ4v) is 3.99. The fourth-order valence-electron chi connectivity index (χ4n) is 3.99. The lowest BCUT2D eigenvalue weighted by molar-refractivity contribution is -0.139. The van der Waals surface area contributed by atoms with Crippen LogP contribution in [0.2, 0.25) is 0 Å². The molecule has 2 unspecified atom stereocenters. The van der Waals surface area contributed by atoms with Crippen LogP contribution < -0.4 is 5.32 Å². The molecule has 2 aliphatic heterocycles. The lowest BCUT2D eigenvalue weighted by Crippen LogP contribution is -2.35. The number of carbonyl (C=O) groups excluding carboxylic acids is 3. The van der Waals surface area contributed by atoms with Crippen LogP contribution in [0.25, 0.3) is 0 Å². The summed E-state index contributed by atoms with van der Waals surface area (Å²) >= 11 is 0. The summed E-state index contributed by atoms with van der Waals surface area (Å²) in [6.07, 6.45) is 3.86. The van der Waals surface area contributed by atoms with Crippen LogP contribution in [0.1, 0.15) is 80.1 Å². The molecule has 2 atom stereocenters. The number of rotatable bonds is 13. The van der Waals surface area contributed by atoms with E-state index in [9.17, 15) is 14.4 Å². The van der Waals surface area contributed by atoms with Gasteiger partial charge < -0.3 is 15.0 Å². The lowest BCUT2D eigenvalue weighted by Gasteiger charge is -2.32. The van der Waals surface area contributed by atoms with Gasteiger partial charge in [-0.05, 0) is 38.0 Å². The third-order valence-electron chi connectivity index (χ3n) is 6.81. The molecule has 0 aromatic rings. The maximum absolute atomic E-state index is 12.1. The maximum Gasteiger partial charge on any atom is 0.232 e. The molecule has 7 nitrogen and oxygen atoms in total. The molecule has 3 amide bonds. The van der Waals surface area contributed by atoms with E-state index in [0.717, 1.165) is 42.8 Å². The first kappa shape index (κ1) is 30.6. The Hall–Kier alpha value is -2.41. The zero-order chi connectivity index (χ0) is 26.8. The monoisotopic (exact) mass is 489 g/mol. The summed E-state index contributed by atoms with van der Waals surface area (Å²) in [7, 11) is 0. The van der Waals surface area contributed by atoms with Crippen molar-refractivity contribution < 1.29 is 19.1 Å². The molecule has 0 aromatic heterocycles. The predicted molar refractivity (Wildman–Crippen MR) is 141 cm³/mol. The Morgan fingerprint density at radius 3 is 2.31 bits per heavy atom. The van der Waals surface area contributed by atoms with Crippen LogP contribution in [-0.2, 0) is 19.1 Å². The van der Waals surface area contributed by atoms with Crippen molar-refractivity contribution in [2.24, 2.45) is 11.3 Å². The minimum Gasteiger partial charge on any atom is -0.378 e. The van der Waals surface area contributed by atoms with Crippen LogP contribution in [0.15, 0.2) is 36.7 Å². The molecular formula is C28H47N3O4. The van der Waals surface area contributed by atoms with Crippen LogP contribution in [0.4, 0.5) is 0 Å². The average Bonchev–Trinajstić information content (AvgIpc) is 3.24. The fraction of sp³-hybridized carbons (Fsp3) is 0.679. The third-order valence-corrected chi connectivity index (χ3v) is 6.81. The quantitative estimate of drug-likeness (QED) is 0.297. The number of likely N-dealkylation sites (tertiary alicyclic amines) is 2. The molecule has 2 rings (SSSR count). The summed E-state index contributed by atoms with van der Waals surface area (Å²) in [6.45, 7) is 26.7. The van der Waals surface area contributed by atoms with Gasteiger partial charge in [0.25, 0.3) is 0 Å². The van der Waals surface area contributed by atoms with Gasteiger partial charge >= 0.3 is 0 Å². The molecule has 1 N–H and O–H groups in total. The van der Waals surface area contributed by atoms with E-state index < -0.39 is 0 Å². The molecule has 7 heteroatoms. The molecule has 198 valence electrons. The highest BCUT2D eigenvalue weighted by atomic mass is 16.5. The molecule has 0 aliphatic carbocycles. The second-order valence-electron chi connectivity index (χ2n) is 10.0. The Kier molecular flexibility index (Phi) is 12.4. The second kappa shape index (κ2) is 14.2. The normalized spacial score (nSPS) is 19.1. The van der Waals surface area contributed by atoms with E-state index in [2.05, 4.69) is 43.8 Å². The van der Waals surface area contributed by atoms with E-state index in [1.807, 2.05) is 20.8 Å². The molecule has 0 spiro atoms. The molecule has 2 heterocycles. The Labute approximate surface area is 212 Å². The molecule has 0 aromatic carbocycles. The Morgan fingerprint density at radius 1 is 1.17 bits per heavy atom. The van der Waals surface area contributed by atoms with Crippen molar-refractivity contribution in [3.8, 4) is 0 Å². The van der Waals surface area contributed by atoms with Crippen LogP contribution in [0.3, 0.4) is 0 Å². The second-order valence-corrected chi connectivity index (χ2v) is 10.0. The van der Waals surface area contributed by atoms with E-state index in [0.29, 0.717) is 19.6 Å². The number of imide groups is 1. The molecular weight excluding hydrogens is 442 g/mol. The van der Waals surface area contributed by atoms with Gasteiger partial charge in [0.2, 0.25) is 17.7 Å². The SMILES string of the molecule is C=C1CCC(=C)N1CC(=C)C(C)(C)CCOC(C)CCNC(=O)CCN1C(=O)CC(C)C1=O.CC. The number of nitrogens with one attached hydrogen (secondary N) is 1. The number of hydrogen-bond acceptors (Lipinski definition) is 5. The van der Waals surface area contributed by atoms with Crippen molar-refractivity contribution in [1.82, 2.24) is 15.1 Å². The average molecular weight is 490 g/mol. The minimum atomic E-state index is -0.278. The van der Waals surface area contributed by atoms with E-state index in [-0.39, 0.29) is 54.5 Å². The van der Waals surface area contributed by atoms with Gasteiger partial charge in [0.1, 0.15) is 0 Å². The minimum absolute atomic E-state index is 0.00934. The van der Waals surface area contributed by atoms with Crippen LogP contribution in [0, 0.1) is 11.3 Å². The summed E-state index contributed by atoms with van der Waals surface area (Å²) in [5, 5.41) is 2.85. The van der Waals surface area contributed by atoms with Crippen LogP contribution in [-0.4, -0.2) is 59.9 Å². The van der Waals surface area contributed by atoms with E-state index in [1.54, 1.807) is 6.92 Å². The molecule has 0 saturated carbocycles. The predicted octanol–water partition coefficient (Wildman–Crippen LogP) is 4.80. The zero-order valence-electron chi connectivity index (χ0n) is 22.9. The van der Waals surface area contributed by atoms with Crippen molar-refractivity contribution >= 4 is 17.7 Å². The maximum atomic E-state index is 12.1. The first-order valence-corrected chi connectivity index (χ1v) is 13.0. The van der Waals surface area contributed by atoms with Crippen LogP contribution >= 0.6 is 0 Å². The van der Waals surface area contributed by atoms with Gasteiger partial charge in [-0.3, -0.25) is 19.3 Å². The van der Waals surface area contributed by atoms with E-state index in [4.69, 9.17) is 4.74 Å². The number of amides is 3. The van der Waals surface area contributed by atoms with E-state index >= 15 is 0 Å². The van der Waals surface area contributed by atoms with E-state index in [1.165, 1.54) is 4.90 Å². The van der Waals surface area contributed by atoms with Crippen molar-refractivity contribution in [2.75, 3.05) is 26.2 Å². The number of hydrogen-bond donors (Lipinski definition) is 1. The first-order valence-electron chi connectivity index (χ1n) is 13.0. The molecule has 2 fully saturated rings. The standard InChI is InChI=1S/C26H41N3O4.C2H6/c1-18-16-24(31)28(25(18)32)14-11-23(30)27-13-10-22(5)33-15-12-26(6,7)19(2)17-29-20(3)8-9-21(29)4;1-2/h18,22H,2-4,8-17H2,1,5-7H3,(H,27,30);1-2H3. The highest BCUT2D eigenvalue weighted by Crippen LogP contribution is 2.35. The smallest absolute Gasteiger partial charge is 0.232 e. The number of ether oxygens (including phenoxy) is 1. The number of allylic oxidation sites excluding steroid dienone is 2. The summed E-state index contributed by atoms with van der Waals surface area (Å²) in [5.74, 6) is -0.816. The van der Waals surface area contributed by atoms with Crippen LogP contribution in [0.5, 0.6) is 0 Å². The highest BCUT2D eigenvalue weighted by molar-refractivity contribution is 6.03. The summed E-state index contributed by atoms with van der Waals surface area (Å²) in [4.78, 5) is 39.1. The number of nitrogens with zero attached hydrogens (tertiary/aromatic N) is 2. The first-order chi connectivity index (χ1) is 16.4. The van der Waals surface area contributed by atoms with Crippen molar-refractivity contribution in [2.45, 2.75) is 86.2 Å². The van der Waals surface area contributed by atoms with Crippen molar-refractivity contribution in [3.05, 3.63) is 36.7 Å². The third kappa shape index (κ3) is 9.28. The Bertz CT molecular complexity index is 786. The molecule has 2 aliphatic rings. The van der Waals surface area contributed by atoms with Crippen molar-refractivity contribution in [3.63, 3.8) is 0 Å². The van der Waals surface area contributed by atoms with Gasteiger partial charge in [-0.1, -0.05) is 59.9 Å². The molecule has 0 bridgehead atoms. The summed E-state index contributed by atoms with van der Waals surface area (Å²) in [5.41, 5.74) is 3.28. The topological polar surface area (TPSA) is 79.0 Å². The Balaban J connectivity index is 0.00000298. The largest absolute Gasteiger partial charge is 0.378 e. The van der Waals surface area contributed by atoms with Gasteiger partial charge in [0, 0.05) is 56.4 Å². The molecule has 0 radical (unpaired) electrons. The lowest BCUT2D eigenvalue weighted by atomic mass is 9.82. The van der Waals surface area contributed by atoms with Gasteiger partial charge in [-0.25, -0.2) is 0 Å². The molecule has 2 saturated heterocycles.